The third-order valence-electron chi connectivity index (χ3n) is 5.70. The lowest BCUT2D eigenvalue weighted by atomic mass is 9.43. The summed E-state index contributed by atoms with van der Waals surface area (Å²) in [5, 5.41) is 0. The molecule has 0 saturated heterocycles. The summed E-state index contributed by atoms with van der Waals surface area (Å²) in [5.74, 6) is 3.83. The molecule has 4 rings (SSSR count). The molecule has 2 bridgehead atoms. The van der Waals surface area contributed by atoms with Crippen LogP contribution in [0.3, 0.4) is 0 Å². The van der Waals surface area contributed by atoms with Crippen LogP contribution >= 0.6 is 0 Å². The molecule has 0 heterocycles. The molecule has 4 atom stereocenters. The fourth-order valence-corrected chi connectivity index (χ4v) is 4.20. The first-order chi connectivity index (χ1) is 7.01. The van der Waals surface area contributed by atoms with E-state index in [1.54, 1.807) is 0 Å². The van der Waals surface area contributed by atoms with Crippen molar-refractivity contribution in [1.82, 2.24) is 0 Å². The van der Waals surface area contributed by atoms with E-state index in [9.17, 15) is 4.79 Å². The molecule has 0 spiro atoms. The van der Waals surface area contributed by atoms with Gasteiger partial charge in [0.15, 0.2) is 0 Å². The van der Waals surface area contributed by atoms with Gasteiger partial charge in [-0.25, -0.2) is 0 Å². The molecule has 4 fully saturated rings. The van der Waals surface area contributed by atoms with Crippen LogP contribution in [0, 0.1) is 35.0 Å². The van der Waals surface area contributed by atoms with Crippen LogP contribution in [0.4, 0.5) is 0 Å². The lowest BCUT2D eigenvalue weighted by Gasteiger charge is -2.61. The molecule has 0 radical (unpaired) electrons. The van der Waals surface area contributed by atoms with Crippen LogP contribution in [0.15, 0.2) is 0 Å². The van der Waals surface area contributed by atoms with Gasteiger partial charge < -0.3 is 0 Å². The van der Waals surface area contributed by atoms with E-state index in [-0.39, 0.29) is 0 Å². The van der Waals surface area contributed by atoms with E-state index in [1.165, 1.54) is 25.7 Å². The fourth-order valence-electron chi connectivity index (χ4n) is 4.20. The first-order valence-corrected chi connectivity index (χ1v) is 6.55. The van der Waals surface area contributed by atoms with Gasteiger partial charge in [-0.05, 0) is 48.9 Å². The number of Topliss-reactive ketones (excluding diaryl/α,β-unsaturated/α-hetero) is 1. The SMILES string of the molecule is CC1C(C(=O)C2CC2)CC2CC1C2(C)C. The van der Waals surface area contributed by atoms with Gasteiger partial charge in [0.05, 0.1) is 0 Å². The van der Waals surface area contributed by atoms with E-state index in [1.807, 2.05) is 0 Å². The molecular formula is C14H22O. The number of carbonyl (C=O) groups excluding carboxylic acids is 1. The summed E-state index contributed by atoms with van der Waals surface area (Å²) in [7, 11) is 0. The van der Waals surface area contributed by atoms with Gasteiger partial charge >= 0.3 is 0 Å². The summed E-state index contributed by atoms with van der Waals surface area (Å²) in [6.45, 7) is 7.13. The van der Waals surface area contributed by atoms with Crippen molar-refractivity contribution in [2.45, 2.75) is 46.5 Å². The maximum Gasteiger partial charge on any atom is 0.139 e. The molecule has 4 aliphatic rings. The van der Waals surface area contributed by atoms with Gasteiger partial charge in [-0.2, -0.15) is 0 Å². The number of hydrogen-bond acceptors (Lipinski definition) is 1. The highest BCUT2D eigenvalue weighted by Gasteiger charge is 2.58. The molecule has 15 heavy (non-hydrogen) atoms. The van der Waals surface area contributed by atoms with E-state index in [0.29, 0.717) is 29.0 Å². The highest BCUT2D eigenvalue weighted by Crippen LogP contribution is 2.63. The monoisotopic (exact) mass is 206 g/mol. The van der Waals surface area contributed by atoms with Crippen LogP contribution in [-0.4, -0.2) is 5.78 Å². The van der Waals surface area contributed by atoms with E-state index in [4.69, 9.17) is 0 Å². The van der Waals surface area contributed by atoms with Crippen molar-refractivity contribution < 1.29 is 4.79 Å². The van der Waals surface area contributed by atoms with Gasteiger partial charge in [-0.3, -0.25) is 4.79 Å². The topological polar surface area (TPSA) is 17.1 Å². The summed E-state index contributed by atoms with van der Waals surface area (Å²) in [4.78, 5) is 12.1. The average Bonchev–Trinajstić information content (AvgIpc) is 2.99. The van der Waals surface area contributed by atoms with Gasteiger partial charge in [0.1, 0.15) is 5.78 Å². The van der Waals surface area contributed by atoms with Crippen LogP contribution in [0.5, 0.6) is 0 Å². The normalized spacial score (nSPS) is 47.1. The van der Waals surface area contributed by atoms with Crippen molar-refractivity contribution in [3.05, 3.63) is 0 Å². The first kappa shape index (κ1) is 9.86. The Bertz CT molecular complexity index is 300. The smallest absolute Gasteiger partial charge is 0.139 e. The highest BCUT2D eigenvalue weighted by molar-refractivity contribution is 5.86. The second-order valence-corrected chi connectivity index (χ2v) is 6.74. The van der Waals surface area contributed by atoms with Crippen LogP contribution in [0.25, 0.3) is 0 Å². The van der Waals surface area contributed by atoms with Crippen LogP contribution in [-0.2, 0) is 4.79 Å². The lowest BCUT2D eigenvalue weighted by molar-refractivity contribution is -0.153. The van der Waals surface area contributed by atoms with E-state index in [2.05, 4.69) is 20.8 Å². The second kappa shape index (κ2) is 2.87. The maximum atomic E-state index is 12.1. The van der Waals surface area contributed by atoms with Crippen molar-refractivity contribution in [3.8, 4) is 0 Å². The third-order valence-corrected chi connectivity index (χ3v) is 5.70. The highest BCUT2D eigenvalue weighted by atomic mass is 16.1. The van der Waals surface area contributed by atoms with Crippen molar-refractivity contribution in [2.75, 3.05) is 0 Å². The van der Waals surface area contributed by atoms with Crippen molar-refractivity contribution in [1.29, 1.82) is 0 Å². The Kier molecular flexibility index (Phi) is 1.88. The number of hydrogen-bond donors (Lipinski definition) is 0. The lowest BCUT2D eigenvalue weighted by Crippen LogP contribution is -2.56. The number of fused-ring (bicyclic) bond motifs is 2. The molecule has 1 nitrogen and oxygen atoms in total. The quantitative estimate of drug-likeness (QED) is 0.677. The van der Waals surface area contributed by atoms with Gasteiger partial charge in [0.2, 0.25) is 0 Å². The minimum absolute atomic E-state index is 0.425. The largest absolute Gasteiger partial charge is 0.299 e. The third kappa shape index (κ3) is 1.24. The molecule has 1 heteroatoms. The predicted octanol–water partition coefficient (Wildman–Crippen LogP) is 3.28. The molecule has 0 amide bonds. The molecule has 0 N–H and O–H groups in total. The maximum absolute atomic E-state index is 12.1. The van der Waals surface area contributed by atoms with Gasteiger partial charge in [-0.15, -0.1) is 0 Å². The summed E-state index contributed by atoms with van der Waals surface area (Å²) >= 11 is 0. The standard InChI is InChI=1S/C14H22O/c1-8-11(13(15)9-4-5-9)6-10-7-12(8)14(10,2)3/h8-12H,4-7H2,1-3H3. The Morgan fingerprint density at radius 1 is 1.20 bits per heavy atom. The van der Waals surface area contributed by atoms with E-state index < -0.39 is 0 Å². The fraction of sp³-hybridized carbons (Fsp3) is 0.929. The van der Waals surface area contributed by atoms with Gasteiger partial charge in [-0.1, -0.05) is 20.8 Å². The summed E-state index contributed by atoms with van der Waals surface area (Å²) in [5.41, 5.74) is 0.528. The molecule has 0 aromatic heterocycles. The van der Waals surface area contributed by atoms with Crippen molar-refractivity contribution in [3.63, 3.8) is 0 Å². The Hall–Kier alpha value is -0.330. The zero-order valence-corrected chi connectivity index (χ0v) is 10.1. The predicted molar refractivity (Wildman–Crippen MR) is 60.4 cm³/mol. The van der Waals surface area contributed by atoms with Gasteiger partial charge in [0.25, 0.3) is 0 Å². The number of rotatable bonds is 2. The molecule has 0 aliphatic heterocycles. The minimum Gasteiger partial charge on any atom is -0.299 e. The summed E-state index contributed by atoms with van der Waals surface area (Å²) in [6, 6.07) is 0. The molecule has 4 unspecified atom stereocenters. The number of ketones is 1. The Morgan fingerprint density at radius 3 is 2.33 bits per heavy atom. The van der Waals surface area contributed by atoms with Crippen LogP contribution in [0.2, 0.25) is 0 Å². The van der Waals surface area contributed by atoms with Crippen molar-refractivity contribution in [2.24, 2.45) is 35.0 Å². The number of carbonyl (C=O) groups is 1. The molecular weight excluding hydrogens is 184 g/mol. The Labute approximate surface area is 92.6 Å². The molecule has 0 aromatic carbocycles. The van der Waals surface area contributed by atoms with Crippen LogP contribution < -0.4 is 0 Å². The van der Waals surface area contributed by atoms with Crippen LogP contribution in [0.1, 0.15) is 46.5 Å². The molecule has 4 aliphatic carbocycles. The molecule has 4 saturated carbocycles. The minimum atomic E-state index is 0.425. The Morgan fingerprint density at radius 2 is 1.87 bits per heavy atom. The zero-order valence-electron chi connectivity index (χ0n) is 10.1. The first-order valence-electron chi connectivity index (χ1n) is 6.55. The summed E-state index contributed by atoms with van der Waals surface area (Å²) in [6.07, 6.45) is 4.95. The van der Waals surface area contributed by atoms with E-state index in [0.717, 1.165) is 11.8 Å². The Balaban J connectivity index is 1.76. The summed E-state index contributed by atoms with van der Waals surface area (Å²) < 4.78 is 0. The molecule has 0 aromatic rings. The average molecular weight is 206 g/mol. The zero-order chi connectivity index (χ0) is 10.8. The second-order valence-electron chi connectivity index (χ2n) is 6.74. The van der Waals surface area contributed by atoms with Crippen molar-refractivity contribution >= 4 is 5.78 Å². The molecule has 84 valence electrons. The van der Waals surface area contributed by atoms with E-state index >= 15 is 0 Å². The van der Waals surface area contributed by atoms with Gasteiger partial charge in [0, 0.05) is 11.8 Å².